The maximum atomic E-state index is 8.78. The van der Waals surface area contributed by atoms with Gasteiger partial charge in [-0.1, -0.05) is 27.7 Å². The maximum Gasteiger partial charge on any atom is 0.207 e. The number of hydrogen-bond donors (Lipinski definition) is 1. The van der Waals surface area contributed by atoms with E-state index in [0.717, 1.165) is 37.9 Å². The highest BCUT2D eigenvalue weighted by molar-refractivity contribution is 5.81. The first-order valence-corrected chi connectivity index (χ1v) is 6.90. The van der Waals surface area contributed by atoms with Gasteiger partial charge in [0.15, 0.2) is 6.19 Å². The third-order valence-electron chi connectivity index (χ3n) is 3.14. The third kappa shape index (κ3) is 4.95. The van der Waals surface area contributed by atoms with Gasteiger partial charge in [-0.2, -0.15) is 5.26 Å². The van der Waals surface area contributed by atoms with E-state index in [4.69, 9.17) is 5.26 Å². The van der Waals surface area contributed by atoms with Gasteiger partial charge in [0.1, 0.15) is 0 Å². The molecule has 18 heavy (non-hydrogen) atoms. The molecule has 1 heterocycles. The lowest BCUT2D eigenvalue weighted by Crippen LogP contribution is -2.38. The Hall–Kier alpha value is -1.24. The first-order valence-electron chi connectivity index (χ1n) is 6.90. The quantitative estimate of drug-likeness (QED) is 0.362. The molecule has 0 spiro atoms. The zero-order valence-corrected chi connectivity index (χ0v) is 12.2. The molecule has 4 heteroatoms. The predicted molar refractivity (Wildman–Crippen MR) is 75.1 cm³/mol. The number of hydrogen-bond acceptors (Lipinski definition) is 2. The Morgan fingerprint density at radius 3 is 2.78 bits per heavy atom. The number of aliphatic imine (C=N–C) groups is 1. The molecule has 1 aliphatic rings. The third-order valence-corrected chi connectivity index (χ3v) is 3.14. The fourth-order valence-corrected chi connectivity index (χ4v) is 2.54. The van der Waals surface area contributed by atoms with Crippen LogP contribution in [-0.2, 0) is 0 Å². The first kappa shape index (κ1) is 14.8. The van der Waals surface area contributed by atoms with Crippen molar-refractivity contribution >= 4 is 5.96 Å². The Morgan fingerprint density at radius 2 is 2.22 bits per heavy atom. The molecule has 0 saturated carbocycles. The van der Waals surface area contributed by atoms with Crippen molar-refractivity contribution in [2.24, 2.45) is 16.3 Å². The summed E-state index contributed by atoms with van der Waals surface area (Å²) in [5.41, 5.74) is 0.379. The van der Waals surface area contributed by atoms with E-state index in [9.17, 15) is 0 Å². The lowest BCUT2D eigenvalue weighted by molar-refractivity contribution is 0.298. The fraction of sp³-hybridized carbons (Fsp3) is 0.857. The van der Waals surface area contributed by atoms with E-state index in [2.05, 4.69) is 42.9 Å². The topological polar surface area (TPSA) is 51.4 Å². The monoisotopic (exact) mass is 250 g/mol. The lowest BCUT2D eigenvalue weighted by atomic mass is 9.84. The highest BCUT2D eigenvalue weighted by atomic mass is 15.3. The average molecular weight is 250 g/mol. The molecule has 0 aromatic rings. The smallest absolute Gasteiger partial charge is 0.207 e. The molecule has 1 atom stereocenters. The molecule has 0 amide bonds. The van der Waals surface area contributed by atoms with E-state index in [1.807, 2.05) is 6.19 Å². The van der Waals surface area contributed by atoms with E-state index < -0.39 is 0 Å². The van der Waals surface area contributed by atoms with Crippen molar-refractivity contribution in [3.8, 4) is 6.19 Å². The molecule has 0 radical (unpaired) electrons. The maximum absolute atomic E-state index is 8.78. The van der Waals surface area contributed by atoms with Crippen molar-refractivity contribution in [3.63, 3.8) is 0 Å². The van der Waals surface area contributed by atoms with Crippen molar-refractivity contribution in [1.29, 1.82) is 5.26 Å². The fourth-order valence-electron chi connectivity index (χ4n) is 2.54. The van der Waals surface area contributed by atoms with Crippen LogP contribution in [0.5, 0.6) is 0 Å². The molecule has 1 aliphatic heterocycles. The van der Waals surface area contributed by atoms with Gasteiger partial charge in [-0.25, -0.2) is 0 Å². The number of nitrogens with one attached hydrogen (secondary N) is 1. The van der Waals surface area contributed by atoms with Gasteiger partial charge in [-0.05, 0) is 30.6 Å². The summed E-state index contributed by atoms with van der Waals surface area (Å²) in [4.78, 5) is 6.67. The highest BCUT2D eigenvalue weighted by Crippen LogP contribution is 2.30. The summed E-state index contributed by atoms with van der Waals surface area (Å²) in [5, 5.41) is 11.5. The normalized spacial score (nSPS) is 20.9. The molecular weight excluding hydrogens is 224 g/mol. The second kappa shape index (κ2) is 6.63. The molecule has 0 bridgehead atoms. The van der Waals surface area contributed by atoms with Crippen LogP contribution in [0.15, 0.2) is 4.99 Å². The largest absolute Gasteiger partial charge is 0.342 e. The zero-order valence-electron chi connectivity index (χ0n) is 12.2. The molecule has 1 unspecified atom stereocenters. The van der Waals surface area contributed by atoms with Crippen LogP contribution in [0.1, 0.15) is 47.0 Å². The van der Waals surface area contributed by atoms with Crippen LogP contribution >= 0.6 is 0 Å². The molecule has 1 saturated heterocycles. The Labute approximate surface area is 111 Å². The van der Waals surface area contributed by atoms with E-state index in [1.165, 1.54) is 12.8 Å². The van der Waals surface area contributed by atoms with Crippen LogP contribution in [0.25, 0.3) is 0 Å². The molecular formula is C14H26N4. The summed E-state index contributed by atoms with van der Waals surface area (Å²) in [5.74, 6) is 1.48. The average Bonchev–Trinajstić information content (AvgIpc) is 2.70. The van der Waals surface area contributed by atoms with Crippen LogP contribution in [0.2, 0.25) is 0 Å². The van der Waals surface area contributed by atoms with E-state index >= 15 is 0 Å². The summed E-state index contributed by atoms with van der Waals surface area (Å²) in [7, 11) is 0. The van der Waals surface area contributed by atoms with Crippen molar-refractivity contribution in [3.05, 3.63) is 0 Å². The number of rotatable bonds is 3. The number of nitrogens with zero attached hydrogens (tertiary/aromatic N) is 3. The number of guanidine groups is 1. The summed E-state index contributed by atoms with van der Waals surface area (Å²) in [6.45, 7) is 11.8. The Kier molecular flexibility index (Phi) is 5.46. The molecule has 1 N–H and O–H groups in total. The molecule has 4 nitrogen and oxygen atoms in total. The molecule has 0 aliphatic carbocycles. The van der Waals surface area contributed by atoms with Gasteiger partial charge >= 0.3 is 0 Å². The van der Waals surface area contributed by atoms with Gasteiger partial charge in [0.2, 0.25) is 5.96 Å². The van der Waals surface area contributed by atoms with Crippen LogP contribution in [0, 0.1) is 22.8 Å². The first-order chi connectivity index (χ1) is 8.46. The second-order valence-electron chi connectivity index (χ2n) is 6.31. The molecule has 1 fully saturated rings. The molecule has 0 aromatic carbocycles. The Morgan fingerprint density at radius 1 is 1.50 bits per heavy atom. The Bertz CT molecular complexity index is 322. The van der Waals surface area contributed by atoms with Gasteiger partial charge in [-0.3, -0.25) is 10.3 Å². The van der Waals surface area contributed by atoms with Gasteiger partial charge in [0.25, 0.3) is 0 Å². The van der Waals surface area contributed by atoms with Crippen molar-refractivity contribution < 1.29 is 0 Å². The summed E-state index contributed by atoms with van der Waals surface area (Å²) in [6.07, 6.45) is 5.44. The second-order valence-corrected chi connectivity index (χ2v) is 6.31. The minimum absolute atomic E-state index is 0.379. The minimum atomic E-state index is 0.379. The van der Waals surface area contributed by atoms with Crippen LogP contribution in [-0.4, -0.2) is 30.5 Å². The summed E-state index contributed by atoms with van der Waals surface area (Å²) >= 11 is 0. The van der Waals surface area contributed by atoms with Crippen LogP contribution < -0.4 is 5.32 Å². The summed E-state index contributed by atoms with van der Waals surface area (Å²) < 4.78 is 0. The minimum Gasteiger partial charge on any atom is -0.342 e. The van der Waals surface area contributed by atoms with E-state index in [0.29, 0.717) is 5.41 Å². The van der Waals surface area contributed by atoms with E-state index in [1.54, 1.807) is 0 Å². The zero-order chi connectivity index (χ0) is 13.6. The van der Waals surface area contributed by atoms with Crippen molar-refractivity contribution in [2.75, 3.05) is 19.6 Å². The van der Waals surface area contributed by atoms with Gasteiger partial charge in [0.05, 0.1) is 0 Å². The van der Waals surface area contributed by atoms with Crippen molar-refractivity contribution in [1.82, 2.24) is 10.2 Å². The summed E-state index contributed by atoms with van der Waals surface area (Å²) in [6, 6.07) is 0. The lowest BCUT2D eigenvalue weighted by Gasteiger charge is -2.24. The van der Waals surface area contributed by atoms with Gasteiger partial charge < -0.3 is 4.90 Å². The molecule has 102 valence electrons. The van der Waals surface area contributed by atoms with Crippen molar-refractivity contribution in [2.45, 2.75) is 47.0 Å². The Balaban J connectivity index is 2.55. The van der Waals surface area contributed by atoms with E-state index in [-0.39, 0.29) is 0 Å². The molecule has 1 rings (SSSR count). The van der Waals surface area contributed by atoms with Gasteiger partial charge in [-0.15, -0.1) is 0 Å². The highest BCUT2D eigenvalue weighted by Gasteiger charge is 2.28. The standard InChI is InChI=1S/C14H26N4/c1-5-7-16-13(17-11-15)18-8-6-12(10-18)9-14(2,3)4/h12H,5-10H2,1-4H3,(H,16,17). The number of nitriles is 1. The van der Waals surface area contributed by atoms with Crippen LogP contribution in [0.3, 0.4) is 0 Å². The number of likely N-dealkylation sites (tertiary alicyclic amines) is 1. The van der Waals surface area contributed by atoms with Gasteiger partial charge in [0, 0.05) is 19.6 Å². The SMILES string of the molecule is CCCN=C(NC#N)N1CCC(CC(C)(C)C)C1. The predicted octanol–water partition coefficient (Wildman–Crippen LogP) is 2.58. The molecule has 0 aromatic heterocycles. The van der Waals surface area contributed by atoms with Crippen LogP contribution in [0.4, 0.5) is 0 Å².